The fourth-order valence-electron chi connectivity index (χ4n) is 5.39. The van der Waals surface area contributed by atoms with Gasteiger partial charge >= 0.3 is 0 Å². The monoisotopic (exact) mass is 586 g/mol. The Labute approximate surface area is 255 Å². The number of ether oxygens (including phenoxy) is 2. The fourth-order valence-corrected chi connectivity index (χ4v) is 5.39. The van der Waals surface area contributed by atoms with Gasteiger partial charge in [0.25, 0.3) is 5.91 Å². The standard InChI is InChI=1S/C35H34N6O3/c1-43-27-18-15-25(16-19-27)23-41-32(20-17-24-9-4-3-5-10-24)39-40-34(41)31(21-26-22-36-29-12-7-6-11-28(26)29)38-35(42)30-13-8-14-33(37-30)44-2/h3-16,18-19,22,31,36H,17,20-21,23H2,1-2H3,(H,38,42)/t31-/m1/s1. The van der Waals surface area contributed by atoms with Crippen LogP contribution in [0.5, 0.6) is 11.6 Å². The third-order valence-corrected chi connectivity index (χ3v) is 7.72. The van der Waals surface area contributed by atoms with Gasteiger partial charge in [0, 0.05) is 36.0 Å². The molecule has 1 amide bonds. The summed E-state index contributed by atoms with van der Waals surface area (Å²) in [5, 5.41) is 13.7. The second kappa shape index (κ2) is 13.2. The van der Waals surface area contributed by atoms with Crippen LogP contribution < -0.4 is 14.8 Å². The van der Waals surface area contributed by atoms with Crippen LogP contribution in [0.25, 0.3) is 10.9 Å². The van der Waals surface area contributed by atoms with Crippen LogP contribution >= 0.6 is 0 Å². The minimum Gasteiger partial charge on any atom is -0.497 e. The third kappa shape index (κ3) is 6.47. The number of carbonyl (C=O) groups excluding carboxylic acids is 1. The molecule has 3 aromatic carbocycles. The van der Waals surface area contributed by atoms with E-state index in [9.17, 15) is 4.79 Å². The van der Waals surface area contributed by atoms with Crippen LogP contribution in [-0.4, -0.2) is 44.9 Å². The lowest BCUT2D eigenvalue weighted by molar-refractivity contribution is 0.0928. The number of rotatable bonds is 12. The maximum absolute atomic E-state index is 13.6. The van der Waals surface area contributed by atoms with E-state index in [2.05, 4.69) is 43.1 Å². The van der Waals surface area contributed by atoms with Gasteiger partial charge < -0.3 is 24.3 Å². The summed E-state index contributed by atoms with van der Waals surface area (Å²) >= 11 is 0. The molecule has 0 aliphatic heterocycles. The van der Waals surface area contributed by atoms with Gasteiger partial charge in [-0.2, -0.15) is 0 Å². The Morgan fingerprint density at radius 1 is 0.841 bits per heavy atom. The zero-order valence-electron chi connectivity index (χ0n) is 24.7. The Morgan fingerprint density at radius 2 is 1.64 bits per heavy atom. The lowest BCUT2D eigenvalue weighted by atomic mass is 10.0. The largest absolute Gasteiger partial charge is 0.497 e. The smallest absolute Gasteiger partial charge is 0.270 e. The Balaban J connectivity index is 1.39. The number of pyridine rings is 1. The zero-order valence-corrected chi connectivity index (χ0v) is 24.7. The maximum Gasteiger partial charge on any atom is 0.270 e. The molecule has 1 atom stereocenters. The van der Waals surface area contributed by atoms with Crippen LogP contribution in [0.2, 0.25) is 0 Å². The van der Waals surface area contributed by atoms with E-state index in [-0.39, 0.29) is 11.6 Å². The lowest BCUT2D eigenvalue weighted by Crippen LogP contribution is -2.33. The van der Waals surface area contributed by atoms with Crippen molar-refractivity contribution >= 4 is 16.8 Å². The average Bonchev–Trinajstić information content (AvgIpc) is 3.68. The van der Waals surface area contributed by atoms with E-state index < -0.39 is 6.04 Å². The molecule has 0 fully saturated rings. The summed E-state index contributed by atoms with van der Waals surface area (Å²) < 4.78 is 12.8. The highest BCUT2D eigenvalue weighted by molar-refractivity contribution is 5.92. The van der Waals surface area contributed by atoms with Gasteiger partial charge in [-0.1, -0.05) is 66.7 Å². The van der Waals surface area contributed by atoms with E-state index >= 15 is 0 Å². The molecule has 9 heteroatoms. The van der Waals surface area contributed by atoms with Gasteiger partial charge in [0.2, 0.25) is 5.88 Å². The number of aromatic amines is 1. The second-order valence-electron chi connectivity index (χ2n) is 10.5. The van der Waals surface area contributed by atoms with Gasteiger partial charge in [-0.05, 0) is 47.4 Å². The molecule has 0 radical (unpaired) electrons. The normalized spacial score (nSPS) is 11.8. The predicted octanol–water partition coefficient (Wildman–Crippen LogP) is 5.72. The molecular weight excluding hydrogens is 552 g/mol. The first-order valence-electron chi connectivity index (χ1n) is 14.6. The molecule has 2 N–H and O–H groups in total. The first kappa shape index (κ1) is 28.7. The summed E-state index contributed by atoms with van der Waals surface area (Å²) in [4.78, 5) is 21.4. The van der Waals surface area contributed by atoms with Crippen LogP contribution in [0.3, 0.4) is 0 Å². The molecule has 9 nitrogen and oxygen atoms in total. The maximum atomic E-state index is 13.6. The average molecular weight is 587 g/mol. The van der Waals surface area contributed by atoms with E-state index in [1.165, 1.54) is 12.7 Å². The van der Waals surface area contributed by atoms with Gasteiger partial charge in [0.1, 0.15) is 17.3 Å². The van der Waals surface area contributed by atoms with Crippen molar-refractivity contribution < 1.29 is 14.3 Å². The minimum absolute atomic E-state index is 0.263. The Hall–Kier alpha value is -5.44. The minimum atomic E-state index is -0.495. The number of fused-ring (bicyclic) bond motifs is 1. The highest BCUT2D eigenvalue weighted by atomic mass is 16.5. The molecule has 0 spiro atoms. The molecule has 3 aromatic heterocycles. The molecule has 6 rings (SSSR count). The van der Waals surface area contributed by atoms with Crippen molar-refractivity contribution in [3.8, 4) is 11.6 Å². The number of hydrogen-bond donors (Lipinski definition) is 2. The van der Waals surface area contributed by atoms with Crippen molar-refractivity contribution in [3.05, 3.63) is 137 Å². The number of carbonyl (C=O) groups is 1. The van der Waals surface area contributed by atoms with Gasteiger partial charge in [-0.15, -0.1) is 10.2 Å². The highest BCUT2D eigenvalue weighted by Gasteiger charge is 2.26. The van der Waals surface area contributed by atoms with Crippen molar-refractivity contribution in [2.75, 3.05) is 14.2 Å². The number of hydrogen-bond acceptors (Lipinski definition) is 6. The number of para-hydroxylation sites is 1. The van der Waals surface area contributed by atoms with Crippen molar-refractivity contribution in [2.24, 2.45) is 0 Å². The number of nitrogens with zero attached hydrogens (tertiary/aromatic N) is 4. The number of nitrogens with one attached hydrogen (secondary N) is 2. The third-order valence-electron chi connectivity index (χ3n) is 7.72. The van der Waals surface area contributed by atoms with Crippen LogP contribution in [0.4, 0.5) is 0 Å². The van der Waals surface area contributed by atoms with Crippen molar-refractivity contribution in [1.82, 2.24) is 30.0 Å². The summed E-state index contributed by atoms with van der Waals surface area (Å²) in [6.45, 7) is 0.536. The van der Waals surface area contributed by atoms with Gasteiger partial charge in [-0.3, -0.25) is 4.79 Å². The van der Waals surface area contributed by atoms with Crippen molar-refractivity contribution in [3.63, 3.8) is 0 Å². The van der Waals surface area contributed by atoms with Crippen LogP contribution in [0, 0.1) is 0 Å². The summed E-state index contributed by atoms with van der Waals surface area (Å²) in [5.74, 6) is 2.36. The molecule has 6 aromatic rings. The molecule has 44 heavy (non-hydrogen) atoms. The molecule has 222 valence electrons. The van der Waals surface area contributed by atoms with E-state index in [1.807, 2.05) is 66.9 Å². The second-order valence-corrected chi connectivity index (χ2v) is 10.5. The van der Waals surface area contributed by atoms with E-state index in [1.54, 1.807) is 25.3 Å². The number of H-pyrrole nitrogens is 1. The molecular formula is C35H34N6O3. The summed E-state index contributed by atoms with van der Waals surface area (Å²) in [6, 6.07) is 31.1. The SMILES string of the molecule is COc1ccc(Cn2c(CCc3ccccc3)nnc2[C@@H](Cc2c[nH]c3ccccc23)NC(=O)c2cccc(OC)n2)cc1. The van der Waals surface area contributed by atoms with Gasteiger partial charge in [0.15, 0.2) is 5.82 Å². The van der Waals surface area contributed by atoms with Crippen molar-refractivity contribution in [1.29, 1.82) is 0 Å². The number of benzene rings is 3. The molecule has 0 saturated carbocycles. The quantitative estimate of drug-likeness (QED) is 0.190. The molecule has 0 aliphatic carbocycles. The van der Waals surface area contributed by atoms with Crippen LogP contribution in [0.15, 0.2) is 103 Å². The number of amides is 1. The van der Waals surface area contributed by atoms with E-state index in [0.717, 1.165) is 40.0 Å². The predicted molar refractivity (Wildman–Crippen MR) is 169 cm³/mol. The molecule has 0 bridgehead atoms. The molecule has 0 aliphatic rings. The van der Waals surface area contributed by atoms with Crippen LogP contribution in [0.1, 0.15) is 44.9 Å². The Morgan fingerprint density at radius 3 is 2.43 bits per heavy atom. The first-order valence-corrected chi connectivity index (χ1v) is 14.6. The Bertz CT molecular complexity index is 1850. The number of methoxy groups -OCH3 is 2. The highest BCUT2D eigenvalue weighted by Crippen LogP contribution is 2.26. The summed E-state index contributed by atoms with van der Waals surface area (Å²) in [5.41, 5.74) is 4.65. The van der Waals surface area contributed by atoms with Crippen LogP contribution in [-0.2, 0) is 25.8 Å². The lowest BCUT2D eigenvalue weighted by Gasteiger charge is -2.20. The summed E-state index contributed by atoms with van der Waals surface area (Å²) in [6.07, 6.45) is 4.00. The molecule has 0 unspecified atom stereocenters. The van der Waals surface area contributed by atoms with E-state index in [4.69, 9.17) is 14.6 Å². The fraction of sp³-hybridized carbons (Fsp3) is 0.200. The number of aryl methyl sites for hydroxylation is 2. The van der Waals surface area contributed by atoms with Crippen molar-refractivity contribution in [2.45, 2.75) is 31.8 Å². The summed E-state index contributed by atoms with van der Waals surface area (Å²) in [7, 11) is 3.19. The molecule has 3 heterocycles. The molecule has 0 saturated heterocycles. The topological polar surface area (TPSA) is 107 Å². The Kier molecular flexibility index (Phi) is 8.63. The van der Waals surface area contributed by atoms with E-state index in [0.29, 0.717) is 31.1 Å². The van der Waals surface area contributed by atoms with Gasteiger partial charge in [-0.25, -0.2) is 4.98 Å². The van der Waals surface area contributed by atoms with Gasteiger partial charge in [0.05, 0.1) is 26.8 Å². The zero-order chi connectivity index (χ0) is 30.3. The first-order chi connectivity index (χ1) is 21.6. The number of aromatic nitrogens is 5.